The van der Waals surface area contributed by atoms with Gasteiger partial charge in [-0.15, -0.1) is 0 Å². The highest BCUT2D eigenvalue weighted by Crippen LogP contribution is 2.17. The lowest BCUT2D eigenvalue weighted by Gasteiger charge is -2.16. The summed E-state index contributed by atoms with van der Waals surface area (Å²) in [5.41, 5.74) is 2.86. The minimum Gasteiger partial charge on any atom is -0.491 e. The van der Waals surface area contributed by atoms with Crippen LogP contribution in [0.15, 0.2) is 28.8 Å². The van der Waals surface area contributed by atoms with E-state index in [-0.39, 0.29) is 25.0 Å². The van der Waals surface area contributed by atoms with E-state index in [1.807, 2.05) is 52.0 Å². The Labute approximate surface area is 148 Å². The quantitative estimate of drug-likeness (QED) is 0.766. The van der Waals surface area contributed by atoms with Gasteiger partial charge in [0.2, 0.25) is 5.91 Å². The molecule has 0 aliphatic rings. The van der Waals surface area contributed by atoms with Crippen LogP contribution >= 0.6 is 0 Å². The fourth-order valence-corrected chi connectivity index (χ4v) is 2.54. The van der Waals surface area contributed by atoms with Gasteiger partial charge in [-0.1, -0.05) is 24.2 Å². The van der Waals surface area contributed by atoms with Crippen molar-refractivity contribution in [1.82, 2.24) is 10.5 Å². The smallest absolute Gasteiger partial charge is 0.223 e. The zero-order valence-electron chi connectivity index (χ0n) is 15.2. The second kappa shape index (κ2) is 8.67. The molecule has 25 heavy (non-hydrogen) atoms. The number of amides is 1. The average molecular weight is 346 g/mol. The van der Waals surface area contributed by atoms with Gasteiger partial charge in [0, 0.05) is 18.0 Å². The molecule has 2 atom stereocenters. The van der Waals surface area contributed by atoms with Crippen LogP contribution in [0.5, 0.6) is 5.75 Å². The molecule has 0 fully saturated rings. The monoisotopic (exact) mass is 346 g/mol. The first-order chi connectivity index (χ1) is 11.9. The molecule has 0 aliphatic carbocycles. The first-order valence-electron chi connectivity index (χ1n) is 8.43. The van der Waals surface area contributed by atoms with Crippen molar-refractivity contribution in [2.24, 2.45) is 5.92 Å². The number of carbonyl (C=O) groups is 1. The molecule has 2 rings (SSSR count). The number of rotatable bonds is 8. The first-order valence-corrected chi connectivity index (χ1v) is 8.43. The number of aromatic nitrogens is 1. The Morgan fingerprint density at radius 2 is 2.12 bits per heavy atom. The summed E-state index contributed by atoms with van der Waals surface area (Å²) in [5.74, 6) is 1.09. The number of benzene rings is 1. The van der Waals surface area contributed by atoms with Crippen molar-refractivity contribution in [3.05, 3.63) is 46.8 Å². The van der Waals surface area contributed by atoms with E-state index >= 15 is 0 Å². The van der Waals surface area contributed by atoms with Gasteiger partial charge in [0.25, 0.3) is 0 Å². The Morgan fingerprint density at radius 3 is 2.76 bits per heavy atom. The van der Waals surface area contributed by atoms with Gasteiger partial charge in [0.05, 0.1) is 5.69 Å². The Bertz CT molecular complexity index is 692. The predicted molar refractivity (Wildman–Crippen MR) is 94.5 cm³/mol. The number of aliphatic hydroxyl groups excluding tert-OH is 1. The minimum absolute atomic E-state index is 0.116. The number of hydrogen-bond acceptors (Lipinski definition) is 5. The molecule has 0 bridgehead atoms. The molecule has 1 aromatic heterocycles. The highest BCUT2D eigenvalue weighted by Gasteiger charge is 2.19. The molecule has 1 heterocycles. The van der Waals surface area contributed by atoms with Crippen LogP contribution in [0.25, 0.3) is 0 Å². The molecule has 0 saturated carbocycles. The van der Waals surface area contributed by atoms with Crippen molar-refractivity contribution in [3.8, 4) is 5.75 Å². The zero-order chi connectivity index (χ0) is 18.4. The Kier molecular flexibility index (Phi) is 6.58. The molecule has 0 aliphatic heterocycles. The van der Waals surface area contributed by atoms with Crippen molar-refractivity contribution in [2.45, 2.75) is 40.2 Å². The fraction of sp³-hybridized carbons (Fsp3) is 0.474. The van der Waals surface area contributed by atoms with Crippen LogP contribution in [0, 0.1) is 26.7 Å². The topological polar surface area (TPSA) is 84.6 Å². The summed E-state index contributed by atoms with van der Waals surface area (Å²) in [6.45, 7) is 7.80. The van der Waals surface area contributed by atoms with Crippen molar-refractivity contribution < 1.29 is 19.2 Å². The van der Waals surface area contributed by atoms with Crippen LogP contribution < -0.4 is 10.1 Å². The van der Waals surface area contributed by atoms with Gasteiger partial charge < -0.3 is 19.7 Å². The molecule has 0 spiro atoms. The van der Waals surface area contributed by atoms with Gasteiger partial charge in [0.15, 0.2) is 0 Å². The van der Waals surface area contributed by atoms with Crippen LogP contribution in [-0.4, -0.2) is 35.4 Å². The number of aryl methyl sites for hydroxylation is 3. The van der Waals surface area contributed by atoms with Crippen molar-refractivity contribution >= 4 is 5.91 Å². The van der Waals surface area contributed by atoms with Gasteiger partial charge in [0.1, 0.15) is 24.2 Å². The van der Waals surface area contributed by atoms with Crippen molar-refractivity contribution in [1.29, 1.82) is 0 Å². The van der Waals surface area contributed by atoms with E-state index < -0.39 is 6.10 Å². The van der Waals surface area contributed by atoms with E-state index in [9.17, 15) is 9.90 Å². The predicted octanol–water partition coefficient (Wildman–Crippen LogP) is 2.33. The number of hydrogen-bond donors (Lipinski definition) is 2. The van der Waals surface area contributed by atoms with Gasteiger partial charge >= 0.3 is 0 Å². The third kappa shape index (κ3) is 5.60. The molecule has 1 amide bonds. The maximum atomic E-state index is 12.2. The lowest BCUT2D eigenvalue weighted by Crippen LogP contribution is -2.38. The van der Waals surface area contributed by atoms with E-state index in [4.69, 9.17) is 9.26 Å². The molecule has 1 aromatic carbocycles. The van der Waals surface area contributed by atoms with Crippen molar-refractivity contribution in [2.75, 3.05) is 13.2 Å². The minimum atomic E-state index is -0.768. The second-order valence-electron chi connectivity index (χ2n) is 6.43. The zero-order valence-corrected chi connectivity index (χ0v) is 15.2. The van der Waals surface area contributed by atoms with Crippen LogP contribution in [0.4, 0.5) is 0 Å². The lowest BCUT2D eigenvalue weighted by atomic mass is 9.99. The number of ether oxygens (including phenoxy) is 1. The summed E-state index contributed by atoms with van der Waals surface area (Å²) in [7, 11) is 0. The number of aliphatic hydroxyl groups is 1. The SMILES string of the molecule is Cc1cccc(OCC(O)CNC(=O)C(C)Cc2c(C)noc2C)c1. The fourth-order valence-electron chi connectivity index (χ4n) is 2.54. The van der Waals surface area contributed by atoms with Gasteiger partial charge in [-0.05, 0) is 44.9 Å². The standard InChI is InChI=1S/C19H26N2O4/c1-12-6-5-7-17(8-12)24-11-16(22)10-20-19(23)13(2)9-18-14(3)21-25-15(18)4/h5-8,13,16,22H,9-11H2,1-4H3,(H,20,23). The van der Waals surface area contributed by atoms with Gasteiger partial charge in [-0.3, -0.25) is 4.79 Å². The molecule has 2 aromatic rings. The van der Waals surface area contributed by atoms with E-state index in [0.29, 0.717) is 12.2 Å². The first kappa shape index (κ1) is 19.0. The van der Waals surface area contributed by atoms with Crippen LogP contribution in [0.2, 0.25) is 0 Å². The molecule has 2 unspecified atom stereocenters. The molecular weight excluding hydrogens is 320 g/mol. The molecule has 6 nitrogen and oxygen atoms in total. The van der Waals surface area contributed by atoms with E-state index in [2.05, 4.69) is 10.5 Å². The summed E-state index contributed by atoms with van der Waals surface area (Å²) in [6.07, 6.45) is -0.209. The van der Waals surface area contributed by atoms with E-state index in [1.165, 1.54) is 0 Å². The maximum absolute atomic E-state index is 12.2. The van der Waals surface area contributed by atoms with Gasteiger partial charge in [-0.25, -0.2) is 0 Å². The van der Waals surface area contributed by atoms with Crippen LogP contribution in [0.3, 0.4) is 0 Å². The molecule has 136 valence electrons. The molecule has 0 saturated heterocycles. The van der Waals surface area contributed by atoms with E-state index in [0.717, 1.165) is 22.6 Å². The maximum Gasteiger partial charge on any atom is 0.223 e. The van der Waals surface area contributed by atoms with Crippen molar-refractivity contribution in [3.63, 3.8) is 0 Å². The Morgan fingerprint density at radius 1 is 1.36 bits per heavy atom. The molecule has 0 radical (unpaired) electrons. The number of nitrogens with one attached hydrogen (secondary N) is 1. The Hall–Kier alpha value is -2.34. The second-order valence-corrected chi connectivity index (χ2v) is 6.43. The number of nitrogens with zero attached hydrogens (tertiary/aromatic N) is 1. The highest BCUT2D eigenvalue weighted by atomic mass is 16.5. The summed E-state index contributed by atoms with van der Waals surface area (Å²) >= 11 is 0. The largest absolute Gasteiger partial charge is 0.491 e. The van der Waals surface area contributed by atoms with Crippen LogP contribution in [0.1, 0.15) is 29.5 Å². The third-order valence-electron chi connectivity index (χ3n) is 4.08. The summed E-state index contributed by atoms with van der Waals surface area (Å²) in [4.78, 5) is 12.2. The average Bonchev–Trinajstić information content (AvgIpc) is 2.89. The lowest BCUT2D eigenvalue weighted by molar-refractivity contribution is -0.125. The number of carbonyl (C=O) groups excluding carboxylic acids is 1. The Balaban J connectivity index is 1.75. The third-order valence-corrected chi connectivity index (χ3v) is 4.08. The molecule has 2 N–H and O–H groups in total. The van der Waals surface area contributed by atoms with Crippen LogP contribution in [-0.2, 0) is 11.2 Å². The molecular formula is C19H26N2O4. The summed E-state index contributed by atoms with van der Waals surface area (Å²) < 4.78 is 10.7. The molecule has 6 heteroatoms. The normalized spacial score (nSPS) is 13.3. The van der Waals surface area contributed by atoms with Gasteiger partial charge in [-0.2, -0.15) is 0 Å². The van der Waals surface area contributed by atoms with E-state index in [1.54, 1.807) is 0 Å². The summed E-state index contributed by atoms with van der Waals surface area (Å²) in [6, 6.07) is 7.61. The highest BCUT2D eigenvalue weighted by molar-refractivity contribution is 5.78. The summed E-state index contributed by atoms with van der Waals surface area (Å²) in [5, 5.41) is 16.7.